The Morgan fingerprint density at radius 3 is 2.92 bits per heavy atom. The van der Waals surface area contributed by atoms with E-state index < -0.39 is 0 Å². The average Bonchev–Trinajstić information content (AvgIpc) is 2.03. The minimum absolute atomic E-state index is 0.192. The number of aryl methyl sites for hydroxylation is 1. The summed E-state index contributed by atoms with van der Waals surface area (Å²) in [6, 6.07) is 3.62. The first-order chi connectivity index (χ1) is 6.13. The maximum Gasteiger partial charge on any atom is 0.221 e. The third-order valence-corrected chi connectivity index (χ3v) is 1.47. The van der Waals surface area contributed by atoms with Gasteiger partial charge in [0, 0.05) is 18.8 Å². The molecule has 1 aromatic rings. The summed E-state index contributed by atoms with van der Waals surface area (Å²) in [7, 11) is 0. The van der Waals surface area contributed by atoms with Gasteiger partial charge in [0.1, 0.15) is 6.07 Å². The van der Waals surface area contributed by atoms with E-state index in [1.54, 1.807) is 13.0 Å². The third kappa shape index (κ3) is 2.27. The second-order valence-corrected chi connectivity index (χ2v) is 2.66. The van der Waals surface area contributed by atoms with Gasteiger partial charge in [0.05, 0.1) is 11.3 Å². The number of amides is 1. The number of aromatic nitrogens is 1. The van der Waals surface area contributed by atoms with Gasteiger partial charge in [-0.3, -0.25) is 9.78 Å². The second kappa shape index (κ2) is 3.68. The third-order valence-electron chi connectivity index (χ3n) is 1.47. The fourth-order valence-electron chi connectivity index (χ4n) is 0.942. The fraction of sp³-hybridized carbons (Fsp3) is 0.222. The number of hydrogen-bond donors (Lipinski definition) is 1. The fourth-order valence-corrected chi connectivity index (χ4v) is 0.942. The van der Waals surface area contributed by atoms with Gasteiger partial charge in [-0.15, -0.1) is 0 Å². The zero-order chi connectivity index (χ0) is 9.84. The predicted octanol–water partition coefficient (Wildman–Crippen LogP) is 1.22. The van der Waals surface area contributed by atoms with Crippen molar-refractivity contribution in [3.05, 3.63) is 23.5 Å². The first-order valence-electron chi connectivity index (χ1n) is 3.78. The van der Waals surface area contributed by atoms with Crippen LogP contribution in [-0.4, -0.2) is 10.9 Å². The molecule has 0 aliphatic heterocycles. The summed E-state index contributed by atoms with van der Waals surface area (Å²) in [5.41, 5.74) is 1.66. The summed E-state index contributed by atoms with van der Waals surface area (Å²) in [6.07, 6.45) is 1.45. The van der Waals surface area contributed by atoms with Gasteiger partial charge in [0.25, 0.3) is 0 Å². The van der Waals surface area contributed by atoms with E-state index in [0.29, 0.717) is 11.3 Å². The van der Waals surface area contributed by atoms with E-state index in [9.17, 15) is 4.79 Å². The van der Waals surface area contributed by atoms with E-state index in [2.05, 4.69) is 10.3 Å². The van der Waals surface area contributed by atoms with Crippen LogP contribution in [0.15, 0.2) is 12.3 Å². The highest BCUT2D eigenvalue weighted by Gasteiger charge is 2.03. The van der Waals surface area contributed by atoms with Gasteiger partial charge in [-0.25, -0.2) is 0 Å². The molecule has 0 unspecified atom stereocenters. The number of anilines is 1. The topological polar surface area (TPSA) is 65.8 Å². The summed E-state index contributed by atoms with van der Waals surface area (Å²) < 4.78 is 0. The molecule has 0 aliphatic rings. The largest absolute Gasteiger partial charge is 0.325 e. The number of rotatable bonds is 1. The van der Waals surface area contributed by atoms with Crippen LogP contribution in [0.2, 0.25) is 0 Å². The molecule has 0 saturated carbocycles. The lowest BCUT2D eigenvalue weighted by Crippen LogP contribution is -2.07. The maximum atomic E-state index is 10.8. The molecule has 4 nitrogen and oxygen atoms in total. The van der Waals surface area contributed by atoms with Gasteiger partial charge < -0.3 is 5.32 Å². The van der Waals surface area contributed by atoms with E-state index in [1.807, 2.05) is 6.07 Å². The molecule has 66 valence electrons. The van der Waals surface area contributed by atoms with Crippen molar-refractivity contribution in [2.45, 2.75) is 13.8 Å². The number of carbonyl (C=O) groups is 1. The maximum absolute atomic E-state index is 10.8. The Bertz CT molecular complexity index is 379. The molecule has 0 fully saturated rings. The second-order valence-electron chi connectivity index (χ2n) is 2.66. The first-order valence-corrected chi connectivity index (χ1v) is 3.78. The molecule has 1 aromatic heterocycles. The molecule has 0 saturated heterocycles. The van der Waals surface area contributed by atoms with Gasteiger partial charge >= 0.3 is 0 Å². The van der Waals surface area contributed by atoms with Crippen molar-refractivity contribution in [1.82, 2.24) is 4.98 Å². The van der Waals surface area contributed by atoms with Gasteiger partial charge in [0.2, 0.25) is 5.91 Å². The summed E-state index contributed by atoms with van der Waals surface area (Å²) in [5.74, 6) is -0.192. The van der Waals surface area contributed by atoms with E-state index >= 15 is 0 Å². The van der Waals surface area contributed by atoms with Crippen LogP contribution in [0.1, 0.15) is 18.2 Å². The zero-order valence-corrected chi connectivity index (χ0v) is 7.46. The monoisotopic (exact) mass is 175 g/mol. The Labute approximate surface area is 76.2 Å². The lowest BCUT2D eigenvalue weighted by Gasteiger charge is -2.04. The molecule has 0 radical (unpaired) electrons. The summed E-state index contributed by atoms with van der Waals surface area (Å²) in [6.45, 7) is 3.20. The minimum Gasteiger partial charge on any atom is -0.325 e. The number of nitrogens with zero attached hydrogens (tertiary/aromatic N) is 2. The van der Waals surface area contributed by atoms with Crippen LogP contribution in [0.3, 0.4) is 0 Å². The van der Waals surface area contributed by atoms with Crippen LogP contribution in [0.4, 0.5) is 5.69 Å². The zero-order valence-electron chi connectivity index (χ0n) is 7.46. The van der Waals surface area contributed by atoms with Crippen molar-refractivity contribution in [3.8, 4) is 6.07 Å². The lowest BCUT2D eigenvalue weighted by atomic mass is 10.2. The Kier molecular flexibility index (Phi) is 2.60. The molecule has 1 rings (SSSR count). The van der Waals surface area contributed by atoms with Crippen molar-refractivity contribution in [3.63, 3.8) is 0 Å². The van der Waals surface area contributed by atoms with Gasteiger partial charge in [0.15, 0.2) is 0 Å². The van der Waals surface area contributed by atoms with Crippen LogP contribution in [0, 0.1) is 18.3 Å². The highest BCUT2D eigenvalue weighted by atomic mass is 16.1. The molecule has 0 atom stereocenters. The molecule has 4 heteroatoms. The number of nitriles is 1. The highest BCUT2D eigenvalue weighted by Crippen LogP contribution is 2.13. The number of hydrogen-bond acceptors (Lipinski definition) is 3. The van der Waals surface area contributed by atoms with Crippen LogP contribution < -0.4 is 5.32 Å². The average molecular weight is 175 g/mol. The summed E-state index contributed by atoms with van der Waals surface area (Å²) in [4.78, 5) is 14.7. The van der Waals surface area contributed by atoms with Crippen molar-refractivity contribution in [2.75, 3.05) is 5.32 Å². The molecular formula is C9H9N3O. The Balaban J connectivity index is 3.10. The molecule has 0 bridgehead atoms. The van der Waals surface area contributed by atoms with Crippen LogP contribution in [0.5, 0.6) is 0 Å². The quantitative estimate of drug-likeness (QED) is 0.697. The molecule has 0 spiro atoms. The van der Waals surface area contributed by atoms with Crippen molar-refractivity contribution in [2.24, 2.45) is 0 Å². The Morgan fingerprint density at radius 1 is 1.69 bits per heavy atom. The first kappa shape index (κ1) is 9.20. The SMILES string of the molecule is CC(=O)Nc1cc(C)ncc1C#N. The summed E-state index contributed by atoms with van der Waals surface area (Å²) in [5, 5.41) is 11.2. The number of carbonyl (C=O) groups excluding carboxylic acids is 1. The number of nitrogens with one attached hydrogen (secondary N) is 1. The highest BCUT2D eigenvalue weighted by molar-refractivity contribution is 5.90. The molecule has 1 N–H and O–H groups in total. The molecule has 0 aliphatic carbocycles. The lowest BCUT2D eigenvalue weighted by molar-refractivity contribution is -0.114. The van der Waals surface area contributed by atoms with Crippen LogP contribution in [-0.2, 0) is 4.79 Å². The minimum atomic E-state index is -0.192. The van der Waals surface area contributed by atoms with Gasteiger partial charge in [-0.2, -0.15) is 5.26 Å². The Morgan fingerprint density at radius 2 is 2.38 bits per heavy atom. The molecule has 1 amide bonds. The molecular weight excluding hydrogens is 166 g/mol. The van der Waals surface area contributed by atoms with Crippen molar-refractivity contribution < 1.29 is 4.79 Å². The van der Waals surface area contributed by atoms with Crippen LogP contribution >= 0.6 is 0 Å². The van der Waals surface area contributed by atoms with Gasteiger partial charge in [-0.1, -0.05) is 0 Å². The molecule has 0 aromatic carbocycles. The van der Waals surface area contributed by atoms with Crippen molar-refractivity contribution in [1.29, 1.82) is 5.26 Å². The van der Waals surface area contributed by atoms with Crippen LogP contribution in [0.25, 0.3) is 0 Å². The number of pyridine rings is 1. The normalized spacial score (nSPS) is 9.00. The van der Waals surface area contributed by atoms with E-state index in [1.165, 1.54) is 13.1 Å². The van der Waals surface area contributed by atoms with E-state index in [-0.39, 0.29) is 5.91 Å². The Hall–Kier alpha value is -1.89. The molecule has 13 heavy (non-hydrogen) atoms. The molecule has 1 heterocycles. The van der Waals surface area contributed by atoms with E-state index in [0.717, 1.165) is 5.69 Å². The summed E-state index contributed by atoms with van der Waals surface area (Å²) >= 11 is 0. The standard InChI is InChI=1S/C9H9N3O/c1-6-3-9(12-7(2)13)8(4-10)5-11-6/h3,5H,1-2H3,(H,11,12,13). The smallest absolute Gasteiger partial charge is 0.221 e. The predicted molar refractivity (Wildman–Crippen MR) is 48.0 cm³/mol. The van der Waals surface area contributed by atoms with Crippen molar-refractivity contribution >= 4 is 11.6 Å². The van der Waals surface area contributed by atoms with E-state index in [4.69, 9.17) is 5.26 Å². The van der Waals surface area contributed by atoms with Gasteiger partial charge in [-0.05, 0) is 13.0 Å².